The van der Waals surface area contributed by atoms with Crippen molar-refractivity contribution < 1.29 is 39.0 Å². The molecule has 4 atom stereocenters. The van der Waals surface area contributed by atoms with Crippen molar-refractivity contribution in [2.24, 2.45) is 11.5 Å². The lowest BCUT2D eigenvalue weighted by Gasteiger charge is -2.23. The number of carbonyl (C=O) groups is 6. The molecule has 0 saturated carbocycles. The topological polar surface area (TPSA) is 231 Å². The molecule has 0 aliphatic heterocycles. The molecule has 0 aliphatic rings. The Morgan fingerprint density at radius 1 is 0.759 bits per heavy atom. The highest BCUT2D eigenvalue weighted by Crippen LogP contribution is 2.00. The number of rotatable bonds is 13. The first-order valence-electron chi connectivity index (χ1n) is 8.04. The van der Waals surface area contributed by atoms with E-state index in [4.69, 9.17) is 21.7 Å². The standard InChI is InChI=1S/C14H23N5O8S2/c15-5(3-28)11(23)17-6(1-9(16)20)12(24)19-8(4-29)13(25)18-7(14(26)27)2-10(21)22/h5-8,28-29H,1-4,15H2,(H2,16,20)(H,17,23)(H,18,25)(H,19,24)(H,21,22)(H,26,27). The van der Waals surface area contributed by atoms with Gasteiger partial charge in [-0.2, -0.15) is 25.3 Å². The molecule has 0 radical (unpaired) electrons. The molecule has 0 aromatic carbocycles. The van der Waals surface area contributed by atoms with Crippen molar-refractivity contribution in [3.63, 3.8) is 0 Å². The summed E-state index contributed by atoms with van der Waals surface area (Å²) < 4.78 is 0. The third kappa shape index (κ3) is 10.00. The highest BCUT2D eigenvalue weighted by atomic mass is 32.1. The van der Waals surface area contributed by atoms with Gasteiger partial charge in [0.2, 0.25) is 23.6 Å². The number of carboxylic acids is 2. The molecule has 0 heterocycles. The zero-order valence-electron chi connectivity index (χ0n) is 15.0. The number of thiol groups is 2. The van der Waals surface area contributed by atoms with E-state index in [1.54, 1.807) is 0 Å². The van der Waals surface area contributed by atoms with Gasteiger partial charge >= 0.3 is 11.9 Å². The van der Waals surface area contributed by atoms with Crippen LogP contribution in [0.15, 0.2) is 0 Å². The van der Waals surface area contributed by atoms with Crippen LogP contribution in [0.5, 0.6) is 0 Å². The first-order valence-corrected chi connectivity index (χ1v) is 9.30. The number of nitrogens with two attached hydrogens (primary N) is 2. The average Bonchev–Trinajstić information content (AvgIpc) is 2.62. The van der Waals surface area contributed by atoms with Crippen LogP contribution in [0.2, 0.25) is 0 Å². The van der Waals surface area contributed by atoms with Gasteiger partial charge in [0.25, 0.3) is 0 Å². The van der Waals surface area contributed by atoms with Gasteiger partial charge in [-0.25, -0.2) is 4.79 Å². The van der Waals surface area contributed by atoms with E-state index in [1.165, 1.54) is 0 Å². The van der Waals surface area contributed by atoms with Crippen LogP contribution >= 0.6 is 25.3 Å². The number of hydrogen-bond donors (Lipinski definition) is 9. The summed E-state index contributed by atoms with van der Waals surface area (Å²) in [5.41, 5.74) is 10.5. The highest BCUT2D eigenvalue weighted by molar-refractivity contribution is 7.80. The highest BCUT2D eigenvalue weighted by Gasteiger charge is 2.31. The SMILES string of the molecule is NC(=O)CC(NC(=O)C(N)CS)C(=O)NC(CS)C(=O)NC(CC(=O)O)C(=O)O. The molecule has 0 aromatic heterocycles. The van der Waals surface area contributed by atoms with Crippen molar-refractivity contribution in [3.05, 3.63) is 0 Å². The zero-order valence-corrected chi connectivity index (χ0v) is 16.8. The Bertz CT molecular complexity index is 662. The Hall–Kier alpha value is -2.52. The van der Waals surface area contributed by atoms with Crippen LogP contribution in [0.25, 0.3) is 0 Å². The molecule has 0 rings (SSSR count). The second kappa shape index (κ2) is 12.8. The molecule has 0 aliphatic carbocycles. The fourth-order valence-corrected chi connectivity index (χ4v) is 2.31. The van der Waals surface area contributed by atoms with Gasteiger partial charge in [0.1, 0.15) is 18.1 Å². The smallest absolute Gasteiger partial charge is 0.326 e. The van der Waals surface area contributed by atoms with Crippen molar-refractivity contribution in [1.29, 1.82) is 0 Å². The minimum Gasteiger partial charge on any atom is -0.481 e. The lowest BCUT2D eigenvalue weighted by atomic mass is 10.1. The summed E-state index contributed by atoms with van der Waals surface area (Å²) in [5.74, 6) is -7.13. The fraction of sp³-hybridized carbons (Fsp3) is 0.571. The molecule has 0 spiro atoms. The molecule has 164 valence electrons. The second-order valence-electron chi connectivity index (χ2n) is 5.76. The Balaban J connectivity index is 5.23. The third-order valence-corrected chi connectivity index (χ3v) is 4.14. The molecule has 0 saturated heterocycles. The Morgan fingerprint density at radius 2 is 1.24 bits per heavy atom. The summed E-state index contributed by atoms with van der Waals surface area (Å²) >= 11 is 7.72. The molecular weight excluding hydrogens is 430 g/mol. The maximum atomic E-state index is 12.4. The number of primary amides is 1. The largest absolute Gasteiger partial charge is 0.481 e. The molecule has 4 amide bonds. The zero-order chi connectivity index (χ0) is 22.7. The Kier molecular flexibility index (Phi) is 11.7. The maximum Gasteiger partial charge on any atom is 0.326 e. The maximum absolute atomic E-state index is 12.4. The van der Waals surface area contributed by atoms with Gasteiger partial charge in [0, 0.05) is 11.5 Å². The van der Waals surface area contributed by atoms with Gasteiger partial charge < -0.3 is 37.6 Å². The minimum atomic E-state index is -1.74. The molecule has 29 heavy (non-hydrogen) atoms. The molecule has 0 bridgehead atoms. The molecule has 0 fully saturated rings. The summed E-state index contributed by atoms with van der Waals surface area (Å²) in [6.07, 6.45) is -1.50. The quantitative estimate of drug-likeness (QED) is 0.124. The van der Waals surface area contributed by atoms with E-state index >= 15 is 0 Å². The van der Waals surface area contributed by atoms with Gasteiger partial charge in [-0.3, -0.25) is 24.0 Å². The summed E-state index contributed by atoms with van der Waals surface area (Å²) in [7, 11) is 0. The van der Waals surface area contributed by atoms with E-state index in [9.17, 15) is 28.8 Å². The van der Waals surface area contributed by atoms with Crippen LogP contribution in [0.1, 0.15) is 12.8 Å². The van der Waals surface area contributed by atoms with Gasteiger partial charge in [-0.05, 0) is 0 Å². The number of amides is 4. The van der Waals surface area contributed by atoms with Crippen molar-refractivity contribution in [3.8, 4) is 0 Å². The van der Waals surface area contributed by atoms with E-state index in [2.05, 4.69) is 35.9 Å². The second-order valence-corrected chi connectivity index (χ2v) is 6.49. The summed E-state index contributed by atoms with van der Waals surface area (Å²) in [4.78, 5) is 69.3. The van der Waals surface area contributed by atoms with Gasteiger partial charge in [0.05, 0.1) is 18.9 Å². The number of hydrogen-bond acceptors (Lipinski definition) is 9. The number of nitrogens with one attached hydrogen (secondary N) is 3. The van der Waals surface area contributed by atoms with Crippen LogP contribution in [0.4, 0.5) is 0 Å². The van der Waals surface area contributed by atoms with E-state index in [0.29, 0.717) is 0 Å². The third-order valence-electron chi connectivity index (χ3n) is 3.38. The van der Waals surface area contributed by atoms with E-state index in [0.717, 1.165) is 0 Å². The van der Waals surface area contributed by atoms with E-state index in [-0.39, 0.29) is 11.5 Å². The molecule has 13 nitrogen and oxygen atoms in total. The molecular formula is C14H23N5O8S2. The normalized spacial score (nSPS) is 14.6. The van der Waals surface area contributed by atoms with Crippen LogP contribution in [-0.4, -0.2) is 81.5 Å². The molecule has 0 aromatic rings. The fourth-order valence-electron chi connectivity index (χ4n) is 1.89. The predicted octanol–water partition coefficient (Wildman–Crippen LogP) is -3.94. The van der Waals surface area contributed by atoms with Crippen LogP contribution in [-0.2, 0) is 28.8 Å². The van der Waals surface area contributed by atoms with Crippen LogP contribution in [0.3, 0.4) is 0 Å². The van der Waals surface area contributed by atoms with Crippen molar-refractivity contribution in [2.75, 3.05) is 11.5 Å². The summed E-state index contributed by atoms with van der Waals surface area (Å²) in [6.45, 7) is 0. The summed E-state index contributed by atoms with van der Waals surface area (Å²) in [5, 5.41) is 24.0. The number of aliphatic carboxylic acids is 2. The van der Waals surface area contributed by atoms with E-state index < -0.39 is 72.6 Å². The Morgan fingerprint density at radius 3 is 1.66 bits per heavy atom. The van der Waals surface area contributed by atoms with Crippen LogP contribution in [0, 0.1) is 0 Å². The lowest BCUT2D eigenvalue weighted by Crippen LogP contribution is -2.58. The molecule has 9 N–H and O–H groups in total. The predicted molar refractivity (Wildman–Crippen MR) is 105 cm³/mol. The van der Waals surface area contributed by atoms with Crippen molar-refractivity contribution in [2.45, 2.75) is 37.0 Å². The summed E-state index contributed by atoms with van der Waals surface area (Å²) in [6, 6.07) is -5.67. The monoisotopic (exact) mass is 453 g/mol. The van der Waals surface area contributed by atoms with Crippen molar-refractivity contribution >= 4 is 60.8 Å². The first-order chi connectivity index (χ1) is 13.4. The van der Waals surface area contributed by atoms with Gasteiger partial charge in [-0.1, -0.05) is 0 Å². The van der Waals surface area contributed by atoms with E-state index in [1.807, 2.05) is 5.32 Å². The number of carbonyl (C=O) groups excluding carboxylic acids is 4. The van der Waals surface area contributed by atoms with Crippen molar-refractivity contribution in [1.82, 2.24) is 16.0 Å². The molecule has 4 unspecified atom stereocenters. The lowest BCUT2D eigenvalue weighted by molar-refractivity contribution is -0.147. The van der Waals surface area contributed by atoms with Crippen LogP contribution < -0.4 is 27.4 Å². The molecule has 15 heteroatoms. The average molecular weight is 453 g/mol. The van der Waals surface area contributed by atoms with Gasteiger partial charge in [0.15, 0.2) is 0 Å². The minimum absolute atomic E-state index is 0.0431. The van der Waals surface area contributed by atoms with Gasteiger partial charge in [-0.15, -0.1) is 0 Å². The first kappa shape index (κ1) is 26.5. The number of carboxylic acid groups (broad SMARTS) is 2. The Labute approximate surface area is 176 Å².